The van der Waals surface area contributed by atoms with E-state index in [-0.39, 0.29) is 0 Å². The van der Waals surface area contributed by atoms with Crippen LogP contribution in [-0.4, -0.2) is 16.6 Å². The van der Waals surface area contributed by atoms with Crippen molar-refractivity contribution in [3.05, 3.63) is 34.9 Å². The van der Waals surface area contributed by atoms with Crippen molar-refractivity contribution in [2.75, 3.05) is 0 Å². The lowest BCUT2D eigenvalue weighted by molar-refractivity contribution is -0.143. The topological polar surface area (TPSA) is 63.3 Å². The lowest BCUT2D eigenvalue weighted by Crippen LogP contribution is -2.49. The Kier molecular flexibility index (Phi) is 3.72. The van der Waals surface area contributed by atoms with Crippen LogP contribution in [0.3, 0.4) is 0 Å². The predicted octanol–water partition coefficient (Wildman–Crippen LogP) is 2.07. The Bertz CT molecular complexity index is 350. The summed E-state index contributed by atoms with van der Waals surface area (Å²) < 4.78 is 0. The second kappa shape index (κ2) is 4.64. The molecule has 3 nitrogen and oxygen atoms in total. The molecular formula is C11H14ClNO2. The Labute approximate surface area is 93.9 Å². The summed E-state index contributed by atoms with van der Waals surface area (Å²) in [6.45, 7) is 1.77. The molecule has 1 aromatic rings. The molecule has 0 aliphatic rings. The number of hydrogen-bond donors (Lipinski definition) is 2. The van der Waals surface area contributed by atoms with Crippen molar-refractivity contribution in [2.24, 2.45) is 5.73 Å². The average molecular weight is 228 g/mol. The lowest BCUT2D eigenvalue weighted by Gasteiger charge is -2.22. The second-order valence-corrected chi connectivity index (χ2v) is 4.05. The maximum atomic E-state index is 11.0. The highest BCUT2D eigenvalue weighted by atomic mass is 35.5. The van der Waals surface area contributed by atoms with Crippen LogP contribution in [0.25, 0.3) is 0 Å². The largest absolute Gasteiger partial charge is 0.480 e. The van der Waals surface area contributed by atoms with Crippen molar-refractivity contribution in [2.45, 2.75) is 25.3 Å². The van der Waals surface area contributed by atoms with E-state index in [2.05, 4.69) is 0 Å². The van der Waals surface area contributed by atoms with E-state index in [1.54, 1.807) is 31.2 Å². The van der Waals surface area contributed by atoms with Crippen molar-refractivity contribution >= 4 is 17.6 Å². The Morgan fingerprint density at radius 1 is 1.47 bits per heavy atom. The SMILES string of the molecule is CC[C@](N)(Cc1ccc(Cl)cc1)C(=O)O. The van der Waals surface area contributed by atoms with E-state index in [0.717, 1.165) is 5.56 Å². The highest BCUT2D eigenvalue weighted by Gasteiger charge is 2.31. The number of benzene rings is 1. The summed E-state index contributed by atoms with van der Waals surface area (Å²) >= 11 is 5.73. The van der Waals surface area contributed by atoms with Crippen LogP contribution in [0.1, 0.15) is 18.9 Å². The molecule has 3 N–H and O–H groups in total. The van der Waals surface area contributed by atoms with Crippen LogP contribution in [0, 0.1) is 0 Å². The van der Waals surface area contributed by atoms with E-state index in [1.807, 2.05) is 0 Å². The molecule has 0 amide bonds. The fourth-order valence-electron chi connectivity index (χ4n) is 1.32. The maximum absolute atomic E-state index is 11.0. The van der Waals surface area contributed by atoms with Crippen molar-refractivity contribution in [1.82, 2.24) is 0 Å². The molecule has 0 saturated carbocycles. The van der Waals surface area contributed by atoms with Gasteiger partial charge in [-0.2, -0.15) is 0 Å². The van der Waals surface area contributed by atoms with Gasteiger partial charge in [0.2, 0.25) is 0 Å². The van der Waals surface area contributed by atoms with E-state index in [9.17, 15) is 4.79 Å². The summed E-state index contributed by atoms with van der Waals surface area (Å²) in [6, 6.07) is 7.05. The molecule has 0 heterocycles. The van der Waals surface area contributed by atoms with Gasteiger partial charge in [-0.3, -0.25) is 4.79 Å². The Hall–Kier alpha value is -1.06. The minimum atomic E-state index is -1.19. The van der Waals surface area contributed by atoms with Gasteiger partial charge in [-0.25, -0.2) is 0 Å². The maximum Gasteiger partial charge on any atom is 0.324 e. The number of aliphatic carboxylic acids is 1. The molecule has 0 radical (unpaired) electrons. The lowest BCUT2D eigenvalue weighted by atomic mass is 9.89. The number of hydrogen-bond acceptors (Lipinski definition) is 2. The zero-order valence-electron chi connectivity index (χ0n) is 8.53. The molecule has 0 aromatic heterocycles. The number of nitrogens with two attached hydrogens (primary N) is 1. The van der Waals surface area contributed by atoms with Crippen LogP contribution in [0.5, 0.6) is 0 Å². The van der Waals surface area contributed by atoms with Gasteiger partial charge in [-0.05, 0) is 24.1 Å². The summed E-state index contributed by atoms with van der Waals surface area (Å²) in [7, 11) is 0. The van der Waals surface area contributed by atoms with Crippen LogP contribution in [0.2, 0.25) is 5.02 Å². The highest BCUT2D eigenvalue weighted by molar-refractivity contribution is 6.30. The molecule has 1 atom stereocenters. The van der Waals surface area contributed by atoms with E-state index in [4.69, 9.17) is 22.4 Å². The molecule has 1 aromatic carbocycles. The van der Waals surface area contributed by atoms with Crippen LogP contribution in [0.4, 0.5) is 0 Å². The van der Waals surface area contributed by atoms with Gasteiger partial charge in [0.25, 0.3) is 0 Å². The number of halogens is 1. The van der Waals surface area contributed by atoms with Crippen LogP contribution in [0.15, 0.2) is 24.3 Å². The zero-order chi connectivity index (χ0) is 11.5. The normalized spacial score (nSPS) is 14.6. The molecular weight excluding hydrogens is 214 g/mol. The van der Waals surface area contributed by atoms with Gasteiger partial charge in [-0.1, -0.05) is 30.7 Å². The number of carboxylic acid groups (broad SMARTS) is 1. The molecule has 0 fully saturated rings. The first-order chi connectivity index (χ1) is 6.98. The molecule has 1 rings (SSSR count). The monoisotopic (exact) mass is 227 g/mol. The molecule has 0 saturated heterocycles. The Balaban J connectivity index is 2.84. The van der Waals surface area contributed by atoms with E-state index in [0.29, 0.717) is 17.9 Å². The molecule has 0 bridgehead atoms. The average Bonchev–Trinajstić information content (AvgIpc) is 2.21. The first-order valence-corrected chi connectivity index (χ1v) is 5.12. The Morgan fingerprint density at radius 3 is 2.40 bits per heavy atom. The smallest absolute Gasteiger partial charge is 0.324 e. The van der Waals surface area contributed by atoms with Gasteiger partial charge < -0.3 is 10.8 Å². The van der Waals surface area contributed by atoms with Gasteiger partial charge in [0.15, 0.2) is 0 Å². The quantitative estimate of drug-likeness (QED) is 0.828. The first-order valence-electron chi connectivity index (χ1n) is 4.74. The van der Waals surface area contributed by atoms with Crippen LogP contribution < -0.4 is 5.73 Å². The van der Waals surface area contributed by atoms with Gasteiger partial charge in [-0.15, -0.1) is 0 Å². The summed E-state index contributed by atoms with van der Waals surface area (Å²) in [4.78, 5) is 11.0. The molecule has 15 heavy (non-hydrogen) atoms. The minimum Gasteiger partial charge on any atom is -0.480 e. The Morgan fingerprint density at radius 2 is 2.00 bits per heavy atom. The summed E-state index contributed by atoms with van der Waals surface area (Å²) in [6.07, 6.45) is 0.709. The molecule has 82 valence electrons. The first kappa shape index (κ1) is 12.0. The van der Waals surface area contributed by atoms with Gasteiger partial charge in [0.1, 0.15) is 5.54 Å². The summed E-state index contributed by atoms with van der Waals surface area (Å²) in [5.74, 6) is -0.972. The standard InChI is InChI=1S/C11H14ClNO2/c1-2-11(13,10(14)15)7-8-3-5-9(12)6-4-8/h3-6H,2,7,13H2,1H3,(H,14,15)/t11-/m0/s1. The molecule has 0 unspecified atom stereocenters. The number of carbonyl (C=O) groups is 1. The van der Waals surface area contributed by atoms with Crippen LogP contribution in [-0.2, 0) is 11.2 Å². The molecule has 0 aliphatic heterocycles. The van der Waals surface area contributed by atoms with Gasteiger partial charge >= 0.3 is 5.97 Å². The number of carboxylic acids is 1. The molecule has 4 heteroatoms. The zero-order valence-corrected chi connectivity index (χ0v) is 9.29. The van der Waals surface area contributed by atoms with E-state index >= 15 is 0 Å². The third kappa shape index (κ3) is 2.94. The van der Waals surface area contributed by atoms with Crippen molar-refractivity contribution < 1.29 is 9.90 Å². The fraction of sp³-hybridized carbons (Fsp3) is 0.364. The van der Waals surface area contributed by atoms with E-state index in [1.165, 1.54) is 0 Å². The minimum absolute atomic E-state index is 0.315. The summed E-state index contributed by atoms with van der Waals surface area (Å²) in [5, 5.41) is 9.63. The summed E-state index contributed by atoms with van der Waals surface area (Å²) in [5.41, 5.74) is 5.47. The number of rotatable bonds is 4. The van der Waals surface area contributed by atoms with Gasteiger partial charge in [0.05, 0.1) is 0 Å². The predicted molar refractivity (Wildman–Crippen MR) is 60.0 cm³/mol. The highest BCUT2D eigenvalue weighted by Crippen LogP contribution is 2.17. The van der Waals surface area contributed by atoms with E-state index < -0.39 is 11.5 Å². The molecule has 0 spiro atoms. The fourth-order valence-corrected chi connectivity index (χ4v) is 1.44. The third-order valence-corrected chi connectivity index (χ3v) is 2.74. The second-order valence-electron chi connectivity index (χ2n) is 3.62. The van der Waals surface area contributed by atoms with Crippen LogP contribution >= 0.6 is 11.6 Å². The van der Waals surface area contributed by atoms with Crippen molar-refractivity contribution in [3.63, 3.8) is 0 Å². The molecule has 0 aliphatic carbocycles. The van der Waals surface area contributed by atoms with Crippen molar-refractivity contribution in [3.8, 4) is 0 Å². The van der Waals surface area contributed by atoms with Crippen molar-refractivity contribution in [1.29, 1.82) is 0 Å². The third-order valence-electron chi connectivity index (χ3n) is 2.49. The van der Waals surface area contributed by atoms with Gasteiger partial charge in [0, 0.05) is 11.4 Å².